The van der Waals surface area contributed by atoms with Gasteiger partial charge in [-0.15, -0.1) is 11.5 Å². The summed E-state index contributed by atoms with van der Waals surface area (Å²) >= 11 is 0. The third-order valence-corrected chi connectivity index (χ3v) is 14.4. The molecule has 0 amide bonds. The molecule has 9 aromatic rings. The Morgan fingerprint density at radius 2 is 0.487 bits per heavy atom. The van der Waals surface area contributed by atoms with E-state index in [1.54, 1.807) is 24.3 Å². The summed E-state index contributed by atoms with van der Waals surface area (Å²) in [5.41, 5.74) is 24.4. The molecule has 2 heterocycles. The minimum Gasteiger partial charge on any atom is -0.872 e. The molecule has 0 aliphatic rings. The van der Waals surface area contributed by atoms with Crippen molar-refractivity contribution in [3.63, 3.8) is 0 Å². The van der Waals surface area contributed by atoms with E-state index in [0.29, 0.717) is 10.8 Å². The summed E-state index contributed by atoms with van der Waals surface area (Å²) in [4.78, 5) is 9.99. The molecule has 8 nitrogen and oxygen atoms in total. The molecule has 78 heavy (non-hydrogen) atoms. The molecule has 0 bridgehead atoms. The van der Waals surface area contributed by atoms with Gasteiger partial charge in [0.05, 0.1) is 46.9 Å². The van der Waals surface area contributed by atoms with Crippen molar-refractivity contribution in [1.82, 2.24) is 9.97 Å². The van der Waals surface area contributed by atoms with E-state index in [1.807, 2.05) is 24.3 Å². The van der Waals surface area contributed by atoms with Gasteiger partial charge in [0.25, 0.3) is 0 Å². The van der Waals surface area contributed by atoms with Crippen molar-refractivity contribution in [2.45, 2.75) is 135 Å². The van der Waals surface area contributed by atoms with Crippen molar-refractivity contribution in [1.29, 1.82) is 0 Å². The number of anilines is 4. The standard InChI is InChI=1S/2C27H35N3.C14H10O2.2Co/c2*1-16-12-18(3)26(19(4)13-16)28-22(7)24-10-9-11-25(30-24)23(8)29-27-20(5)14-17(2)15-21(27)6;15-13-11-7-3-1-5-9(11)10-6-2-4-8-12(10)14(13)16;;/h2*9-15,22-23,28-29H,1-8H3;1-8,15-16H;;/p-2. The number of benzene rings is 7. The molecule has 0 aliphatic carbocycles. The molecule has 0 spiro atoms. The van der Waals surface area contributed by atoms with Gasteiger partial charge in [-0.2, -0.15) is 0 Å². The van der Waals surface area contributed by atoms with Crippen LogP contribution in [0.1, 0.15) is 141 Å². The van der Waals surface area contributed by atoms with Gasteiger partial charge in [0.2, 0.25) is 0 Å². The second-order valence-electron chi connectivity index (χ2n) is 21.3. The molecule has 2 aromatic heterocycles. The van der Waals surface area contributed by atoms with Crippen molar-refractivity contribution in [2.24, 2.45) is 0 Å². The normalized spacial score (nSPS) is 12.3. The van der Waals surface area contributed by atoms with Crippen LogP contribution >= 0.6 is 0 Å². The fourth-order valence-corrected chi connectivity index (χ4v) is 10.8. The van der Waals surface area contributed by atoms with E-state index in [1.165, 1.54) is 89.5 Å². The van der Waals surface area contributed by atoms with Gasteiger partial charge < -0.3 is 31.5 Å². The summed E-state index contributed by atoms with van der Waals surface area (Å²) in [5.74, 6) is -0.816. The molecule has 412 valence electrons. The topological polar surface area (TPSA) is 120 Å². The van der Waals surface area contributed by atoms with Gasteiger partial charge in [0, 0.05) is 56.3 Å². The minimum atomic E-state index is -0.408. The largest absolute Gasteiger partial charge is 0.872 e. The molecule has 7 aromatic carbocycles. The van der Waals surface area contributed by atoms with Gasteiger partial charge in [0.15, 0.2) is 0 Å². The first-order valence-electron chi connectivity index (χ1n) is 26.7. The van der Waals surface area contributed by atoms with Gasteiger partial charge in [0.1, 0.15) is 0 Å². The summed E-state index contributed by atoms with van der Waals surface area (Å²) < 4.78 is 0. The molecule has 4 atom stereocenters. The Hall–Kier alpha value is -6.83. The second kappa shape index (κ2) is 27.2. The van der Waals surface area contributed by atoms with Crippen LogP contribution in [0.2, 0.25) is 0 Å². The number of nitrogens with zero attached hydrogens (tertiary/aromatic N) is 2. The molecule has 4 N–H and O–H groups in total. The van der Waals surface area contributed by atoms with Gasteiger partial charge in [-0.25, -0.2) is 0 Å². The van der Waals surface area contributed by atoms with Crippen molar-refractivity contribution in [2.75, 3.05) is 21.3 Å². The zero-order valence-electron chi connectivity index (χ0n) is 48.4. The van der Waals surface area contributed by atoms with Crippen LogP contribution in [0.3, 0.4) is 0 Å². The predicted molar refractivity (Wildman–Crippen MR) is 320 cm³/mol. The Kier molecular flexibility index (Phi) is 21.6. The van der Waals surface area contributed by atoms with Crippen LogP contribution in [0, 0.1) is 83.1 Å². The van der Waals surface area contributed by atoms with Crippen molar-refractivity contribution in [3.05, 3.63) is 223 Å². The third-order valence-electron chi connectivity index (χ3n) is 14.4. The summed E-state index contributed by atoms with van der Waals surface area (Å²) in [6, 6.07) is 45.4. The van der Waals surface area contributed by atoms with Crippen LogP contribution in [-0.4, -0.2) is 9.97 Å². The number of hydrogen-bond acceptors (Lipinski definition) is 8. The molecular formula is C68H78Co2N6O2-2. The van der Waals surface area contributed by atoms with E-state index in [4.69, 9.17) is 9.97 Å². The molecule has 0 fully saturated rings. The summed E-state index contributed by atoms with van der Waals surface area (Å²) in [6.45, 7) is 34.6. The summed E-state index contributed by atoms with van der Waals surface area (Å²) in [5, 5.41) is 41.1. The molecule has 0 aliphatic heterocycles. The van der Waals surface area contributed by atoms with Crippen LogP contribution in [-0.2, 0) is 33.6 Å². The zero-order chi connectivity index (χ0) is 55.1. The maximum absolute atomic E-state index is 11.8. The van der Waals surface area contributed by atoms with Gasteiger partial charge in [-0.1, -0.05) is 131 Å². The van der Waals surface area contributed by atoms with E-state index in [0.717, 1.165) is 33.5 Å². The van der Waals surface area contributed by atoms with Crippen LogP contribution < -0.4 is 31.5 Å². The van der Waals surface area contributed by atoms with Crippen molar-refractivity contribution in [3.8, 4) is 11.5 Å². The van der Waals surface area contributed by atoms with E-state index < -0.39 is 11.5 Å². The monoisotopic (exact) mass is 1130 g/mol. The van der Waals surface area contributed by atoms with Crippen LogP contribution in [0.15, 0.2) is 133 Å². The summed E-state index contributed by atoms with van der Waals surface area (Å²) in [7, 11) is 0. The van der Waals surface area contributed by atoms with Gasteiger partial charge in [-0.3, -0.25) is 9.97 Å². The SMILES string of the molecule is Cc1cc(C)c(NC(C)c2cccc(C(C)Nc3c(C)cc(C)cc3C)n2)c(C)c1.Cc1cc(C)c(NC(C)c2cccc(C(C)Nc3c(C)cc(C)cc3C)n2)c(C)c1.[Co].[Co].[O-]c1c([O-])c2ccccc2c2ccccc12. The Bertz CT molecular complexity index is 3050. The fraction of sp³-hybridized carbons (Fsp3) is 0.294. The smallest absolute Gasteiger partial charge is 0.0657 e. The first-order chi connectivity index (χ1) is 36.1. The van der Waals surface area contributed by atoms with Crippen LogP contribution in [0.4, 0.5) is 22.7 Å². The number of rotatable bonds is 12. The molecule has 0 saturated heterocycles. The van der Waals surface area contributed by atoms with Crippen LogP contribution in [0.25, 0.3) is 21.5 Å². The molecular weight excluding hydrogens is 1050 g/mol. The molecule has 10 heteroatoms. The van der Waals surface area contributed by atoms with Gasteiger partial charge in [-0.05, 0) is 201 Å². The number of aryl methyl sites for hydroxylation is 12. The zero-order valence-corrected chi connectivity index (χ0v) is 50.5. The Labute approximate surface area is 485 Å². The maximum atomic E-state index is 11.8. The van der Waals surface area contributed by atoms with E-state index in [9.17, 15) is 10.2 Å². The fourth-order valence-electron chi connectivity index (χ4n) is 10.8. The first-order valence-corrected chi connectivity index (χ1v) is 26.7. The van der Waals surface area contributed by atoms with E-state index in [-0.39, 0.29) is 57.7 Å². The molecule has 2 radical (unpaired) electrons. The third kappa shape index (κ3) is 14.8. The Morgan fingerprint density at radius 3 is 0.692 bits per heavy atom. The van der Waals surface area contributed by atoms with Crippen molar-refractivity contribution < 1.29 is 43.8 Å². The Morgan fingerprint density at radius 1 is 0.295 bits per heavy atom. The van der Waals surface area contributed by atoms with Gasteiger partial charge >= 0.3 is 0 Å². The average molecular weight is 1130 g/mol. The quantitative estimate of drug-likeness (QED) is 0.0893. The van der Waals surface area contributed by atoms with Crippen LogP contribution in [0.5, 0.6) is 11.5 Å². The number of aromatic nitrogens is 2. The van der Waals surface area contributed by atoms with E-state index in [2.05, 4.69) is 217 Å². The van der Waals surface area contributed by atoms with E-state index >= 15 is 0 Å². The second-order valence-corrected chi connectivity index (χ2v) is 21.3. The first kappa shape index (κ1) is 62.0. The number of pyridine rings is 2. The average Bonchev–Trinajstić information content (AvgIpc) is 3.41. The predicted octanol–water partition coefficient (Wildman–Crippen LogP) is 16.7. The minimum absolute atomic E-state index is 0. The number of hydrogen-bond donors (Lipinski definition) is 4. The van der Waals surface area contributed by atoms with Crippen molar-refractivity contribution >= 4 is 44.3 Å². The molecule has 4 unspecified atom stereocenters. The number of fused-ring (bicyclic) bond motifs is 3. The number of nitrogens with one attached hydrogen (secondary N) is 4. The molecule has 9 rings (SSSR count). The molecule has 0 saturated carbocycles. The summed E-state index contributed by atoms with van der Waals surface area (Å²) in [6.07, 6.45) is 0. The Balaban J connectivity index is 0.000000222. The maximum Gasteiger partial charge on any atom is 0.0657 e.